The van der Waals surface area contributed by atoms with E-state index in [-0.39, 0.29) is 5.57 Å². The van der Waals surface area contributed by atoms with Crippen LogP contribution in [0.4, 0.5) is 8.78 Å². The van der Waals surface area contributed by atoms with E-state index in [4.69, 9.17) is 0 Å². The molecule has 0 bridgehead atoms. The van der Waals surface area contributed by atoms with Crippen molar-refractivity contribution in [1.82, 2.24) is 4.98 Å². The third kappa shape index (κ3) is 2.01. The van der Waals surface area contributed by atoms with Gasteiger partial charge in [-0.2, -0.15) is 8.78 Å². The number of halogens is 2. The van der Waals surface area contributed by atoms with Crippen molar-refractivity contribution in [2.24, 2.45) is 0 Å². The molecule has 0 amide bonds. The Morgan fingerprint density at radius 3 is 2.40 bits per heavy atom. The molecule has 0 fully saturated rings. The molecular formula is C17H13F2N. The maximum Gasteiger partial charge on any atom is 0.278 e. The smallest absolute Gasteiger partial charge is 0.278 e. The van der Waals surface area contributed by atoms with Gasteiger partial charge >= 0.3 is 0 Å². The summed E-state index contributed by atoms with van der Waals surface area (Å²) in [5.74, 6) is 0. The summed E-state index contributed by atoms with van der Waals surface area (Å²) in [5.41, 5.74) is 2.91. The van der Waals surface area contributed by atoms with Crippen LogP contribution in [0.1, 0.15) is 16.7 Å². The molecule has 0 aliphatic rings. The fourth-order valence-electron chi connectivity index (χ4n) is 2.54. The second kappa shape index (κ2) is 4.93. The van der Waals surface area contributed by atoms with Crippen molar-refractivity contribution in [1.29, 1.82) is 0 Å². The van der Waals surface area contributed by atoms with Crippen molar-refractivity contribution in [3.63, 3.8) is 0 Å². The molecule has 1 nitrogen and oxygen atoms in total. The molecule has 0 saturated heterocycles. The van der Waals surface area contributed by atoms with Gasteiger partial charge in [0.05, 0.1) is 5.57 Å². The van der Waals surface area contributed by atoms with Crippen LogP contribution in [0.15, 0.2) is 60.8 Å². The summed E-state index contributed by atoms with van der Waals surface area (Å²) in [6, 6.07) is 14.5. The first-order chi connectivity index (χ1) is 9.68. The molecule has 1 aromatic heterocycles. The highest BCUT2D eigenvalue weighted by atomic mass is 19.3. The van der Waals surface area contributed by atoms with Gasteiger partial charge in [0.2, 0.25) is 0 Å². The minimum atomic E-state index is -1.67. The van der Waals surface area contributed by atoms with Crippen LogP contribution in [0, 0.1) is 6.92 Å². The van der Waals surface area contributed by atoms with E-state index < -0.39 is 6.08 Å². The lowest BCUT2D eigenvalue weighted by atomic mass is 9.96. The van der Waals surface area contributed by atoms with Crippen LogP contribution in [0.2, 0.25) is 0 Å². The molecule has 0 unspecified atom stereocenters. The molecule has 0 atom stereocenters. The number of H-pyrrole nitrogens is 1. The van der Waals surface area contributed by atoms with Crippen molar-refractivity contribution >= 4 is 16.5 Å². The third-order valence-corrected chi connectivity index (χ3v) is 3.43. The highest BCUT2D eigenvalue weighted by Crippen LogP contribution is 2.34. The topological polar surface area (TPSA) is 15.8 Å². The molecule has 2 aromatic carbocycles. The maximum absolute atomic E-state index is 13.5. The molecule has 1 N–H and O–H groups in total. The maximum atomic E-state index is 13.5. The van der Waals surface area contributed by atoms with Crippen molar-refractivity contribution in [3.05, 3.63) is 77.5 Å². The monoisotopic (exact) mass is 269 g/mol. The van der Waals surface area contributed by atoms with Crippen molar-refractivity contribution < 1.29 is 8.78 Å². The second-order valence-corrected chi connectivity index (χ2v) is 4.70. The second-order valence-electron chi connectivity index (χ2n) is 4.70. The molecule has 0 aliphatic heterocycles. The SMILES string of the molecule is Cc1cccc2[nH]cc(C(=C(F)F)c3ccccc3)c12. The standard InChI is InChI=1S/C17H13F2N/c1-11-6-5-9-14-15(11)13(10-20-14)16(17(18)19)12-7-3-2-4-8-12/h2-10,20H,1H3. The van der Waals surface area contributed by atoms with Gasteiger partial charge in [0.1, 0.15) is 0 Å². The summed E-state index contributed by atoms with van der Waals surface area (Å²) < 4.78 is 26.9. The number of hydrogen-bond donors (Lipinski definition) is 1. The number of aromatic amines is 1. The fraction of sp³-hybridized carbons (Fsp3) is 0.0588. The van der Waals surface area contributed by atoms with Crippen LogP contribution in [0.5, 0.6) is 0 Å². The zero-order valence-electron chi connectivity index (χ0n) is 11.0. The number of fused-ring (bicyclic) bond motifs is 1. The number of hydrogen-bond acceptors (Lipinski definition) is 0. The number of aryl methyl sites for hydroxylation is 1. The Morgan fingerprint density at radius 2 is 1.70 bits per heavy atom. The predicted octanol–water partition coefficient (Wildman–Crippen LogP) is 5.13. The van der Waals surface area contributed by atoms with Gasteiger partial charge in [-0.15, -0.1) is 0 Å². The number of nitrogens with one attached hydrogen (secondary N) is 1. The largest absolute Gasteiger partial charge is 0.361 e. The molecule has 3 aromatic rings. The highest BCUT2D eigenvalue weighted by Gasteiger charge is 2.17. The minimum Gasteiger partial charge on any atom is -0.361 e. The van der Waals surface area contributed by atoms with Crippen molar-refractivity contribution in [2.75, 3.05) is 0 Å². The Labute approximate surface area is 115 Å². The lowest BCUT2D eigenvalue weighted by Gasteiger charge is -2.07. The van der Waals surface area contributed by atoms with E-state index in [0.717, 1.165) is 16.5 Å². The van der Waals surface area contributed by atoms with Gasteiger partial charge in [-0.05, 0) is 24.1 Å². The fourth-order valence-corrected chi connectivity index (χ4v) is 2.54. The summed E-state index contributed by atoms with van der Waals surface area (Å²) in [4.78, 5) is 3.07. The van der Waals surface area contributed by atoms with E-state index in [1.807, 2.05) is 31.2 Å². The van der Waals surface area contributed by atoms with E-state index >= 15 is 0 Å². The molecule has 20 heavy (non-hydrogen) atoms. The van der Waals surface area contributed by atoms with Gasteiger partial charge in [0.25, 0.3) is 6.08 Å². The number of rotatable bonds is 2. The van der Waals surface area contributed by atoms with Crippen LogP contribution in [0.3, 0.4) is 0 Å². The Balaban J connectivity index is 2.30. The quantitative estimate of drug-likeness (QED) is 0.663. The highest BCUT2D eigenvalue weighted by molar-refractivity contribution is 5.98. The van der Waals surface area contributed by atoms with Crippen molar-refractivity contribution in [2.45, 2.75) is 6.92 Å². The summed E-state index contributed by atoms with van der Waals surface area (Å²) in [7, 11) is 0. The summed E-state index contributed by atoms with van der Waals surface area (Å²) in [6.07, 6.45) is -0.0144. The van der Waals surface area contributed by atoms with Crippen molar-refractivity contribution in [3.8, 4) is 0 Å². The molecule has 3 heteroatoms. The van der Waals surface area contributed by atoms with Crippen LogP contribution >= 0.6 is 0 Å². The van der Waals surface area contributed by atoms with Gasteiger partial charge in [-0.1, -0.05) is 42.5 Å². The van der Waals surface area contributed by atoms with Gasteiger partial charge in [-0.25, -0.2) is 0 Å². The van der Waals surface area contributed by atoms with Gasteiger partial charge < -0.3 is 4.98 Å². The Hall–Kier alpha value is -2.42. The van der Waals surface area contributed by atoms with E-state index in [1.165, 1.54) is 0 Å². The molecule has 0 spiro atoms. The summed E-state index contributed by atoms with van der Waals surface area (Å²) in [5, 5.41) is 0.846. The van der Waals surface area contributed by atoms with Crippen LogP contribution in [0.25, 0.3) is 16.5 Å². The van der Waals surface area contributed by atoms with Crippen LogP contribution in [-0.2, 0) is 0 Å². The van der Waals surface area contributed by atoms with E-state index in [0.29, 0.717) is 11.1 Å². The average molecular weight is 269 g/mol. The predicted molar refractivity (Wildman–Crippen MR) is 77.7 cm³/mol. The lowest BCUT2D eigenvalue weighted by Crippen LogP contribution is -1.89. The van der Waals surface area contributed by atoms with E-state index in [1.54, 1.807) is 30.5 Å². The normalized spacial score (nSPS) is 10.8. The first-order valence-corrected chi connectivity index (χ1v) is 6.36. The minimum absolute atomic E-state index is 0.00819. The van der Waals surface area contributed by atoms with E-state index in [9.17, 15) is 8.78 Å². The first kappa shape index (κ1) is 12.6. The molecule has 0 aliphatic carbocycles. The average Bonchev–Trinajstić information content (AvgIpc) is 2.85. The van der Waals surface area contributed by atoms with Crippen LogP contribution < -0.4 is 0 Å². The molecule has 1 heterocycles. The Morgan fingerprint density at radius 1 is 0.950 bits per heavy atom. The summed E-state index contributed by atoms with van der Waals surface area (Å²) >= 11 is 0. The third-order valence-electron chi connectivity index (χ3n) is 3.43. The zero-order valence-corrected chi connectivity index (χ0v) is 11.0. The molecular weight excluding hydrogens is 256 g/mol. The first-order valence-electron chi connectivity index (χ1n) is 6.36. The number of aromatic nitrogens is 1. The Kier molecular flexibility index (Phi) is 3.11. The molecule has 100 valence electrons. The number of benzene rings is 2. The van der Waals surface area contributed by atoms with Gasteiger partial charge in [0.15, 0.2) is 0 Å². The van der Waals surface area contributed by atoms with Gasteiger partial charge in [-0.3, -0.25) is 0 Å². The Bertz CT molecular complexity index is 781. The van der Waals surface area contributed by atoms with Gasteiger partial charge in [0, 0.05) is 22.7 Å². The lowest BCUT2D eigenvalue weighted by molar-refractivity contribution is 0.426. The van der Waals surface area contributed by atoms with Crippen LogP contribution in [-0.4, -0.2) is 4.98 Å². The molecule has 0 radical (unpaired) electrons. The molecule has 3 rings (SSSR count). The zero-order chi connectivity index (χ0) is 14.1. The molecule has 0 saturated carbocycles. The van der Waals surface area contributed by atoms with E-state index in [2.05, 4.69) is 4.98 Å². The summed E-state index contributed by atoms with van der Waals surface area (Å²) in [6.45, 7) is 1.93.